The third-order valence-electron chi connectivity index (χ3n) is 2.89. The molecule has 0 fully saturated rings. The molecule has 0 amide bonds. The van der Waals surface area contributed by atoms with E-state index in [-0.39, 0.29) is 24.2 Å². The molecule has 0 spiro atoms. The Morgan fingerprint density at radius 3 is 2.95 bits per heavy atom. The minimum Gasteiger partial charge on any atom is -0.466 e. The predicted molar refractivity (Wildman–Crippen MR) is 80.9 cm³/mol. The zero-order valence-electron chi connectivity index (χ0n) is 11.9. The molecule has 21 heavy (non-hydrogen) atoms. The lowest BCUT2D eigenvalue weighted by molar-refractivity contribution is -0.142. The first-order valence-electron chi connectivity index (χ1n) is 6.71. The Kier molecular flexibility index (Phi) is 5.27. The Balaban J connectivity index is 1.99. The summed E-state index contributed by atoms with van der Waals surface area (Å²) in [5.41, 5.74) is 1.24. The molecule has 0 bridgehead atoms. The average Bonchev–Trinajstić information content (AvgIpc) is 2.86. The third kappa shape index (κ3) is 4.26. The molecule has 2 aromatic rings. The van der Waals surface area contributed by atoms with Crippen molar-refractivity contribution >= 4 is 22.4 Å². The van der Waals surface area contributed by atoms with Gasteiger partial charge in [0.05, 0.1) is 24.8 Å². The van der Waals surface area contributed by atoms with Gasteiger partial charge in [-0.1, -0.05) is 18.2 Å². The summed E-state index contributed by atoms with van der Waals surface area (Å²) >= 11 is 1.39. The molecule has 1 aromatic carbocycles. The van der Waals surface area contributed by atoms with Crippen molar-refractivity contribution < 1.29 is 13.9 Å². The second-order valence-corrected chi connectivity index (χ2v) is 5.37. The summed E-state index contributed by atoms with van der Waals surface area (Å²) in [5.74, 6) is -0.544. The zero-order chi connectivity index (χ0) is 15.2. The summed E-state index contributed by atoms with van der Waals surface area (Å²) in [4.78, 5) is 15.7. The van der Waals surface area contributed by atoms with Crippen molar-refractivity contribution in [3.63, 3.8) is 0 Å². The molecule has 0 aliphatic rings. The molecular weight excluding hydrogens is 291 g/mol. The number of nitrogens with one attached hydrogen (secondary N) is 1. The van der Waals surface area contributed by atoms with Gasteiger partial charge in [0, 0.05) is 10.9 Å². The van der Waals surface area contributed by atoms with Crippen molar-refractivity contribution in [2.45, 2.75) is 26.3 Å². The van der Waals surface area contributed by atoms with E-state index in [1.165, 1.54) is 17.4 Å². The maximum atomic E-state index is 13.7. The number of halogens is 1. The van der Waals surface area contributed by atoms with E-state index in [0.29, 0.717) is 23.0 Å². The maximum Gasteiger partial charge on any atom is 0.311 e. The van der Waals surface area contributed by atoms with Crippen LogP contribution in [-0.2, 0) is 16.0 Å². The van der Waals surface area contributed by atoms with Gasteiger partial charge in [0.1, 0.15) is 5.82 Å². The van der Waals surface area contributed by atoms with Crippen LogP contribution in [0.1, 0.15) is 31.1 Å². The van der Waals surface area contributed by atoms with Gasteiger partial charge in [-0.25, -0.2) is 9.37 Å². The van der Waals surface area contributed by atoms with E-state index < -0.39 is 0 Å². The molecule has 2 rings (SSSR count). The van der Waals surface area contributed by atoms with Crippen LogP contribution in [0.4, 0.5) is 9.52 Å². The van der Waals surface area contributed by atoms with Gasteiger partial charge in [0.15, 0.2) is 5.13 Å². The van der Waals surface area contributed by atoms with Crippen LogP contribution in [0.3, 0.4) is 0 Å². The Morgan fingerprint density at radius 2 is 2.24 bits per heavy atom. The molecule has 0 saturated carbocycles. The highest BCUT2D eigenvalue weighted by Crippen LogP contribution is 2.24. The number of aromatic nitrogens is 1. The van der Waals surface area contributed by atoms with Gasteiger partial charge in [-0.15, -0.1) is 11.3 Å². The number of carbonyl (C=O) groups is 1. The number of benzene rings is 1. The quantitative estimate of drug-likeness (QED) is 0.829. The number of hydrogen-bond donors (Lipinski definition) is 1. The number of thiazole rings is 1. The van der Waals surface area contributed by atoms with Crippen LogP contribution in [-0.4, -0.2) is 17.6 Å². The first-order chi connectivity index (χ1) is 10.1. The van der Waals surface area contributed by atoms with Crippen LogP contribution in [0, 0.1) is 5.82 Å². The number of nitrogens with zero attached hydrogens (tertiary/aromatic N) is 1. The topological polar surface area (TPSA) is 51.2 Å². The number of ether oxygens (including phenoxy) is 1. The third-order valence-corrected chi connectivity index (χ3v) is 3.72. The Morgan fingerprint density at radius 1 is 1.48 bits per heavy atom. The van der Waals surface area contributed by atoms with Gasteiger partial charge in [0.25, 0.3) is 0 Å². The number of carbonyl (C=O) groups excluding carboxylic acids is 1. The summed E-state index contributed by atoms with van der Waals surface area (Å²) in [6, 6.07) is 6.42. The lowest BCUT2D eigenvalue weighted by Gasteiger charge is -2.13. The number of hydrogen-bond acceptors (Lipinski definition) is 5. The zero-order valence-corrected chi connectivity index (χ0v) is 12.7. The smallest absolute Gasteiger partial charge is 0.311 e. The minimum atomic E-state index is -0.295. The molecule has 1 aromatic heterocycles. The first-order valence-corrected chi connectivity index (χ1v) is 7.59. The monoisotopic (exact) mass is 308 g/mol. The van der Waals surface area contributed by atoms with Crippen molar-refractivity contribution in [2.24, 2.45) is 0 Å². The lowest BCUT2D eigenvalue weighted by Crippen LogP contribution is -2.09. The lowest BCUT2D eigenvalue weighted by atomic mass is 10.1. The van der Waals surface area contributed by atoms with Crippen LogP contribution >= 0.6 is 11.3 Å². The molecular formula is C15H17FN2O2S. The normalized spacial score (nSPS) is 12.0. The summed E-state index contributed by atoms with van der Waals surface area (Å²) in [6.07, 6.45) is 0.153. The molecule has 0 saturated heterocycles. The van der Waals surface area contributed by atoms with E-state index in [1.54, 1.807) is 30.5 Å². The first kappa shape index (κ1) is 15.4. The van der Waals surface area contributed by atoms with E-state index >= 15 is 0 Å². The van der Waals surface area contributed by atoms with E-state index in [0.717, 1.165) is 0 Å². The molecule has 1 unspecified atom stereocenters. The van der Waals surface area contributed by atoms with Gasteiger partial charge in [-0.05, 0) is 19.9 Å². The fourth-order valence-electron chi connectivity index (χ4n) is 1.90. The Bertz CT molecular complexity index is 615. The largest absolute Gasteiger partial charge is 0.466 e. The van der Waals surface area contributed by atoms with Gasteiger partial charge in [0.2, 0.25) is 0 Å². The fourth-order valence-corrected chi connectivity index (χ4v) is 2.70. The average molecular weight is 308 g/mol. The Labute approximate surface area is 127 Å². The van der Waals surface area contributed by atoms with Crippen LogP contribution in [0.2, 0.25) is 0 Å². The van der Waals surface area contributed by atoms with Crippen LogP contribution in [0.25, 0.3) is 0 Å². The highest BCUT2D eigenvalue weighted by atomic mass is 32.1. The molecule has 112 valence electrons. The van der Waals surface area contributed by atoms with Crippen molar-refractivity contribution in [3.05, 3.63) is 46.7 Å². The van der Waals surface area contributed by atoms with Gasteiger partial charge < -0.3 is 10.1 Å². The van der Waals surface area contributed by atoms with Crippen LogP contribution in [0.15, 0.2) is 29.6 Å². The van der Waals surface area contributed by atoms with Crippen molar-refractivity contribution in [1.82, 2.24) is 4.98 Å². The fraction of sp³-hybridized carbons (Fsp3) is 0.333. The summed E-state index contributed by atoms with van der Waals surface area (Å²) < 4.78 is 18.6. The van der Waals surface area contributed by atoms with Crippen molar-refractivity contribution in [1.29, 1.82) is 0 Å². The maximum absolute atomic E-state index is 13.7. The minimum absolute atomic E-state index is 0.153. The second kappa shape index (κ2) is 7.17. The highest BCUT2D eigenvalue weighted by Gasteiger charge is 2.13. The number of rotatable bonds is 6. The SMILES string of the molecule is CCOC(=O)Cc1csc(NC(C)c2ccccc2F)n1. The van der Waals surface area contributed by atoms with Gasteiger partial charge in [-0.3, -0.25) is 4.79 Å². The molecule has 1 heterocycles. The molecule has 1 N–H and O–H groups in total. The molecule has 1 atom stereocenters. The van der Waals surface area contributed by atoms with E-state index in [1.807, 2.05) is 6.92 Å². The van der Waals surface area contributed by atoms with Crippen molar-refractivity contribution in [3.8, 4) is 0 Å². The molecule has 0 aliphatic heterocycles. The van der Waals surface area contributed by atoms with Gasteiger partial charge >= 0.3 is 5.97 Å². The van der Waals surface area contributed by atoms with Crippen molar-refractivity contribution in [2.75, 3.05) is 11.9 Å². The summed E-state index contributed by atoms with van der Waals surface area (Å²) in [6.45, 7) is 3.99. The second-order valence-electron chi connectivity index (χ2n) is 4.51. The van der Waals surface area contributed by atoms with Gasteiger partial charge in [-0.2, -0.15) is 0 Å². The number of esters is 1. The summed E-state index contributed by atoms with van der Waals surface area (Å²) in [7, 11) is 0. The molecule has 6 heteroatoms. The number of anilines is 1. The van der Waals surface area contributed by atoms with Crippen LogP contribution in [0.5, 0.6) is 0 Å². The van der Waals surface area contributed by atoms with E-state index in [2.05, 4.69) is 10.3 Å². The molecule has 0 radical (unpaired) electrons. The molecule has 0 aliphatic carbocycles. The summed E-state index contributed by atoms with van der Waals surface area (Å²) in [5, 5.41) is 5.60. The standard InChI is InChI=1S/C15H17FN2O2S/c1-3-20-14(19)8-11-9-21-15(18-11)17-10(2)12-6-4-5-7-13(12)16/h4-7,9-10H,3,8H2,1-2H3,(H,17,18). The van der Waals surface area contributed by atoms with E-state index in [4.69, 9.17) is 4.74 Å². The van der Waals surface area contributed by atoms with E-state index in [9.17, 15) is 9.18 Å². The van der Waals surface area contributed by atoms with Crippen LogP contribution < -0.4 is 5.32 Å². The Hall–Kier alpha value is -1.95. The predicted octanol–water partition coefficient (Wildman–Crippen LogP) is 3.56. The molecule has 4 nitrogen and oxygen atoms in total. The highest BCUT2D eigenvalue weighted by molar-refractivity contribution is 7.13.